The molecule has 0 bridgehead atoms. The number of nitrogens with zero attached hydrogens (tertiary/aromatic N) is 1. The Bertz CT molecular complexity index is 431. The first-order chi connectivity index (χ1) is 10.7. The predicted octanol–water partition coefficient (Wildman–Crippen LogP) is 1.70. The van der Waals surface area contributed by atoms with Crippen LogP contribution in [0.15, 0.2) is 0 Å². The molecule has 7 nitrogen and oxygen atoms in total. The predicted molar refractivity (Wildman–Crippen MR) is 84.8 cm³/mol. The molecule has 1 aliphatic rings. The van der Waals surface area contributed by atoms with E-state index in [1.54, 1.807) is 11.8 Å². The molecule has 1 fully saturated rings. The van der Waals surface area contributed by atoms with Gasteiger partial charge in [-0.25, -0.2) is 4.79 Å². The van der Waals surface area contributed by atoms with E-state index >= 15 is 0 Å². The molecule has 0 aromatic heterocycles. The van der Waals surface area contributed by atoms with Gasteiger partial charge < -0.3 is 19.7 Å². The van der Waals surface area contributed by atoms with Crippen LogP contribution in [-0.2, 0) is 19.1 Å². The van der Waals surface area contributed by atoms with Crippen LogP contribution in [0, 0.1) is 5.92 Å². The molecule has 0 aromatic rings. The molecule has 1 aliphatic heterocycles. The number of carbonyl (C=O) groups excluding carboxylic acids is 3. The van der Waals surface area contributed by atoms with Crippen molar-refractivity contribution in [2.45, 2.75) is 52.6 Å². The number of carbonyl (C=O) groups is 3. The van der Waals surface area contributed by atoms with Gasteiger partial charge in [0.15, 0.2) is 0 Å². The van der Waals surface area contributed by atoms with E-state index in [2.05, 4.69) is 5.32 Å². The Hall–Kier alpha value is -1.79. The molecule has 1 rings (SSSR count). The number of hydrogen-bond acceptors (Lipinski definition) is 5. The summed E-state index contributed by atoms with van der Waals surface area (Å²) in [6.07, 6.45) is 1.25. The van der Waals surface area contributed by atoms with Crippen molar-refractivity contribution >= 4 is 18.0 Å². The highest BCUT2D eigenvalue weighted by molar-refractivity contribution is 5.80. The molecule has 0 saturated carbocycles. The van der Waals surface area contributed by atoms with Gasteiger partial charge in [0.25, 0.3) is 0 Å². The van der Waals surface area contributed by atoms with E-state index < -0.39 is 5.60 Å². The fraction of sp³-hybridized carbons (Fsp3) is 0.812. The lowest BCUT2D eigenvalue weighted by Crippen LogP contribution is -2.47. The van der Waals surface area contributed by atoms with Crippen molar-refractivity contribution in [1.82, 2.24) is 10.2 Å². The number of hydrogen-bond donors (Lipinski definition) is 1. The third-order valence-corrected chi connectivity index (χ3v) is 3.38. The average Bonchev–Trinajstić information content (AvgIpc) is 2.46. The van der Waals surface area contributed by atoms with Crippen LogP contribution in [0.5, 0.6) is 0 Å². The normalized spacial score (nSPS) is 18.3. The fourth-order valence-corrected chi connectivity index (χ4v) is 2.35. The zero-order valence-corrected chi connectivity index (χ0v) is 14.5. The van der Waals surface area contributed by atoms with E-state index in [-0.39, 0.29) is 36.9 Å². The Labute approximate surface area is 137 Å². The van der Waals surface area contributed by atoms with Crippen LogP contribution in [0.3, 0.4) is 0 Å². The maximum atomic E-state index is 12.1. The highest BCUT2D eigenvalue weighted by Crippen LogP contribution is 2.19. The van der Waals surface area contributed by atoms with Gasteiger partial charge in [-0.05, 0) is 40.5 Å². The van der Waals surface area contributed by atoms with E-state index in [0.717, 1.165) is 12.8 Å². The van der Waals surface area contributed by atoms with Crippen molar-refractivity contribution in [3.8, 4) is 0 Å². The lowest BCUT2D eigenvalue weighted by Gasteiger charge is -2.33. The minimum Gasteiger partial charge on any atom is -0.466 e. The number of amides is 2. The second-order valence-electron chi connectivity index (χ2n) is 6.61. The summed E-state index contributed by atoms with van der Waals surface area (Å²) in [6, 6.07) is 0. The van der Waals surface area contributed by atoms with Gasteiger partial charge in [0.2, 0.25) is 5.91 Å². The fourth-order valence-electron chi connectivity index (χ4n) is 2.35. The van der Waals surface area contributed by atoms with Crippen molar-refractivity contribution < 1.29 is 23.9 Å². The van der Waals surface area contributed by atoms with Gasteiger partial charge in [-0.1, -0.05) is 0 Å². The highest BCUT2D eigenvalue weighted by atomic mass is 16.6. The Morgan fingerprint density at radius 2 is 1.96 bits per heavy atom. The number of likely N-dealkylation sites (tertiary alicyclic amines) is 1. The third-order valence-electron chi connectivity index (χ3n) is 3.38. The van der Waals surface area contributed by atoms with E-state index in [1.165, 1.54) is 0 Å². The minimum absolute atomic E-state index is 0.137. The number of ether oxygens (including phenoxy) is 2. The molecule has 2 amide bonds. The molecule has 0 radical (unpaired) electrons. The number of piperidine rings is 1. The van der Waals surface area contributed by atoms with Crippen LogP contribution in [0.4, 0.5) is 4.79 Å². The Balaban J connectivity index is 2.40. The van der Waals surface area contributed by atoms with E-state index in [4.69, 9.17) is 9.47 Å². The summed E-state index contributed by atoms with van der Waals surface area (Å²) in [5.74, 6) is -0.729. The second kappa shape index (κ2) is 8.74. The summed E-state index contributed by atoms with van der Waals surface area (Å²) in [4.78, 5) is 37.0. The lowest BCUT2D eigenvalue weighted by atomic mass is 9.97. The summed E-state index contributed by atoms with van der Waals surface area (Å²) in [5, 5.41) is 2.73. The molecule has 23 heavy (non-hydrogen) atoms. The maximum absolute atomic E-state index is 12.1. The molecule has 7 heteroatoms. The Morgan fingerprint density at radius 3 is 2.57 bits per heavy atom. The standard InChI is InChI=1S/C16H28N2O5/c1-5-22-13(19)8-9-17-14(20)12-7-6-10-18(11-12)15(21)23-16(2,3)4/h12H,5-11H2,1-4H3,(H,17,20). The molecule has 1 N–H and O–H groups in total. The van der Waals surface area contributed by atoms with Gasteiger partial charge >= 0.3 is 12.1 Å². The highest BCUT2D eigenvalue weighted by Gasteiger charge is 2.30. The van der Waals surface area contributed by atoms with Gasteiger partial charge in [0.1, 0.15) is 5.60 Å². The SMILES string of the molecule is CCOC(=O)CCNC(=O)C1CCCN(C(=O)OC(C)(C)C)C1. The first-order valence-electron chi connectivity index (χ1n) is 8.14. The van der Waals surface area contributed by atoms with E-state index in [1.807, 2.05) is 20.8 Å². The lowest BCUT2D eigenvalue weighted by molar-refractivity contribution is -0.143. The number of nitrogens with one attached hydrogen (secondary N) is 1. The molecule has 0 aromatic carbocycles. The van der Waals surface area contributed by atoms with Crippen molar-refractivity contribution in [3.05, 3.63) is 0 Å². The van der Waals surface area contributed by atoms with Gasteiger partial charge in [-0.15, -0.1) is 0 Å². The van der Waals surface area contributed by atoms with Crippen LogP contribution in [0.1, 0.15) is 47.0 Å². The summed E-state index contributed by atoms with van der Waals surface area (Å²) in [6.45, 7) is 8.71. The Morgan fingerprint density at radius 1 is 1.26 bits per heavy atom. The summed E-state index contributed by atoms with van der Waals surface area (Å²) >= 11 is 0. The first-order valence-corrected chi connectivity index (χ1v) is 8.14. The first kappa shape index (κ1) is 19.3. The van der Waals surface area contributed by atoms with Gasteiger partial charge in [0.05, 0.1) is 18.9 Å². The van der Waals surface area contributed by atoms with E-state index in [0.29, 0.717) is 19.7 Å². The third kappa shape index (κ3) is 7.34. The maximum Gasteiger partial charge on any atom is 0.410 e. The largest absolute Gasteiger partial charge is 0.466 e. The van der Waals surface area contributed by atoms with Crippen molar-refractivity contribution in [2.24, 2.45) is 5.92 Å². The van der Waals surface area contributed by atoms with Crippen LogP contribution < -0.4 is 5.32 Å². The second-order valence-corrected chi connectivity index (χ2v) is 6.61. The van der Waals surface area contributed by atoms with Crippen molar-refractivity contribution in [2.75, 3.05) is 26.2 Å². The van der Waals surface area contributed by atoms with Gasteiger partial charge in [0, 0.05) is 19.6 Å². The molecule has 1 heterocycles. The monoisotopic (exact) mass is 328 g/mol. The zero-order chi connectivity index (χ0) is 17.5. The van der Waals surface area contributed by atoms with Crippen LogP contribution in [0.25, 0.3) is 0 Å². The minimum atomic E-state index is -0.550. The summed E-state index contributed by atoms with van der Waals surface area (Å²) in [7, 11) is 0. The van der Waals surface area contributed by atoms with E-state index in [9.17, 15) is 14.4 Å². The summed E-state index contributed by atoms with van der Waals surface area (Å²) in [5.41, 5.74) is -0.550. The smallest absolute Gasteiger partial charge is 0.410 e. The molecule has 1 unspecified atom stereocenters. The van der Waals surface area contributed by atoms with Gasteiger partial charge in [-0.2, -0.15) is 0 Å². The molecule has 1 atom stereocenters. The molecule has 0 spiro atoms. The van der Waals surface area contributed by atoms with Crippen LogP contribution in [0.2, 0.25) is 0 Å². The average molecular weight is 328 g/mol. The summed E-state index contributed by atoms with van der Waals surface area (Å²) < 4.78 is 10.1. The topological polar surface area (TPSA) is 84.9 Å². The molecular weight excluding hydrogens is 300 g/mol. The molecule has 0 aliphatic carbocycles. The molecular formula is C16H28N2O5. The zero-order valence-electron chi connectivity index (χ0n) is 14.5. The van der Waals surface area contributed by atoms with Gasteiger partial charge in [-0.3, -0.25) is 9.59 Å². The number of esters is 1. The van der Waals surface area contributed by atoms with Crippen LogP contribution in [-0.4, -0.2) is 54.7 Å². The molecule has 1 saturated heterocycles. The Kier molecular flexibility index (Phi) is 7.32. The molecule has 132 valence electrons. The van der Waals surface area contributed by atoms with Crippen molar-refractivity contribution in [1.29, 1.82) is 0 Å². The van der Waals surface area contributed by atoms with Crippen LogP contribution >= 0.6 is 0 Å². The number of rotatable bonds is 5. The quantitative estimate of drug-likeness (QED) is 0.777. The van der Waals surface area contributed by atoms with Crippen molar-refractivity contribution in [3.63, 3.8) is 0 Å².